The van der Waals surface area contributed by atoms with Crippen molar-refractivity contribution in [2.24, 2.45) is 0 Å². The van der Waals surface area contributed by atoms with Crippen LogP contribution >= 0.6 is 23.2 Å². The van der Waals surface area contributed by atoms with E-state index in [4.69, 9.17) is 27.9 Å². The molecule has 0 saturated carbocycles. The highest BCUT2D eigenvalue weighted by atomic mass is 35.5. The van der Waals surface area contributed by atoms with Gasteiger partial charge in [0.1, 0.15) is 5.75 Å². The highest BCUT2D eigenvalue weighted by Crippen LogP contribution is 2.26. The van der Waals surface area contributed by atoms with Crippen molar-refractivity contribution in [1.29, 1.82) is 0 Å². The second kappa shape index (κ2) is 8.22. The Balaban J connectivity index is 1.37. The summed E-state index contributed by atoms with van der Waals surface area (Å²) in [5.41, 5.74) is 3.70. The third-order valence-electron chi connectivity index (χ3n) is 4.50. The number of carbonyl (C=O) groups excluding carboxylic acids is 1. The number of nitrogens with one attached hydrogen (secondary N) is 2. The van der Waals surface area contributed by atoms with Crippen molar-refractivity contribution in [2.75, 3.05) is 11.9 Å². The van der Waals surface area contributed by atoms with E-state index in [1.54, 1.807) is 35.3 Å². The number of rotatable bonds is 5. The largest absolute Gasteiger partial charge is 0.471 e. The zero-order valence-corrected chi connectivity index (χ0v) is 16.4. The molecule has 6 nitrogen and oxygen atoms in total. The molecule has 1 aromatic heterocycles. The number of nitrogens with zero attached hydrogens (tertiary/aromatic N) is 2. The molecule has 4 rings (SSSR count). The Hall–Kier alpha value is -2.54. The number of hydrogen-bond donors (Lipinski definition) is 2. The number of hydrogen-bond acceptors (Lipinski definition) is 4. The number of amides is 1. The van der Waals surface area contributed by atoms with E-state index < -0.39 is 0 Å². The van der Waals surface area contributed by atoms with Gasteiger partial charge in [0.15, 0.2) is 6.73 Å². The highest BCUT2D eigenvalue weighted by Gasteiger charge is 2.13. The maximum absolute atomic E-state index is 12.5. The molecule has 1 aliphatic rings. The van der Waals surface area contributed by atoms with Gasteiger partial charge in [-0.15, -0.1) is 0 Å². The van der Waals surface area contributed by atoms with Crippen LogP contribution in [-0.4, -0.2) is 22.2 Å². The van der Waals surface area contributed by atoms with E-state index in [0.29, 0.717) is 27.0 Å². The number of carbonyl (C=O) groups is 1. The SMILES string of the molecule is O=C(Nc1cnn(COc2ccc(Cl)c(Cl)c2)c1)c1ccc2c(c1)CCNC2. The molecular weight excluding hydrogens is 399 g/mol. The second-order valence-corrected chi connectivity index (χ2v) is 7.30. The fourth-order valence-electron chi connectivity index (χ4n) is 3.03. The average Bonchev–Trinajstić information content (AvgIpc) is 3.16. The van der Waals surface area contributed by atoms with Crippen LogP contribution in [0.5, 0.6) is 5.75 Å². The van der Waals surface area contributed by atoms with Crippen molar-refractivity contribution in [3.05, 3.63) is 75.5 Å². The Kier molecular flexibility index (Phi) is 5.52. The van der Waals surface area contributed by atoms with Crippen molar-refractivity contribution in [3.8, 4) is 5.75 Å². The molecule has 28 heavy (non-hydrogen) atoms. The Morgan fingerprint density at radius 3 is 2.93 bits per heavy atom. The van der Waals surface area contributed by atoms with Crippen LogP contribution < -0.4 is 15.4 Å². The molecule has 0 spiro atoms. The van der Waals surface area contributed by atoms with Crippen LogP contribution in [0.4, 0.5) is 5.69 Å². The van der Waals surface area contributed by atoms with Crippen molar-refractivity contribution in [3.63, 3.8) is 0 Å². The summed E-state index contributed by atoms with van der Waals surface area (Å²) in [6, 6.07) is 10.9. The minimum Gasteiger partial charge on any atom is -0.471 e. The summed E-state index contributed by atoms with van der Waals surface area (Å²) in [5.74, 6) is 0.422. The van der Waals surface area contributed by atoms with E-state index in [2.05, 4.69) is 15.7 Å². The summed E-state index contributed by atoms with van der Waals surface area (Å²) in [4.78, 5) is 12.5. The normalized spacial score (nSPS) is 13.1. The maximum Gasteiger partial charge on any atom is 0.255 e. The van der Waals surface area contributed by atoms with Crippen LogP contribution in [0.25, 0.3) is 0 Å². The predicted octanol–water partition coefficient (Wildman–Crippen LogP) is 4.12. The number of benzene rings is 2. The lowest BCUT2D eigenvalue weighted by atomic mass is 9.98. The fraction of sp³-hybridized carbons (Fsp3) is 0.200. The minimum absolute atomic E-state index is 0.161. The molecule has 144 valence electrons. The van der Waals surface area contributed by atoms with Gasteiger partial charge in [-0.3, -0.25) is 4.79 Å². The third-order valence-corrected chi connectivity index (χ3v) is 5.24. The van der Waals surface area contributed by atoms with Gasteiger partial charge in [-0.2, -0.15) is 5.10 Å². The first kappa shape index (κ1) is 18.8. The lowest BCUT2D eigenvalue weighted by Gasteiger charge is -2.17. The number of halogens is 2. The molecule has 3 aromatic rings. The summed E-state index contributed by atoms with van der Waals surface area (Å²) in [5, 5.41) is 11.3. The molecule has 0 unspecified atom stereocenters. The monoisotopic (exact) mass is 416 g/mol. The summed E-state index contributed by atoms with van der Waals surface area (Å²) in [6.07, 6.45) is 4.22. The van der Waals surface area contributed by atoms with Crippen LogP contribution in [0.15, 0.2) is 48.8 Å². The van der Waals surface area contributed by atoms with Gasteiger partial charge in [0, 0.05) is 18.2 Å². The lowest BCUT2D eigenvalue weighted by Crippen LogP contribution is -2.24. The van der Waals surface area contributed by atoms with Crippen LogP contribution in [-0.2, 0) is 19.7 Å². The van der Waals surface area contributed by atoms with E-state index >= 15 is 0 Å². The van der Waals surface area contributed by atoms with Gasteiger partial charge >= 0.3 is 0 Å². The standard InChI is InChI=1S/C20H18Cl2N4O2/c21-18-4-3-17(8-19(18)22)28-12-26-11-16(10-24-26)25-20(27)14-1-2-15-9-23-6-5-13(15)7-14/h1-4,7-8,10-11,23H,5-6,9,12H2,(H,25,27). The van der Waals surface area contributed by atoms with Gasteiger partial charge in [0.05, 0.1) is 28.1 Å². The molecule has 2 N–H and O–H groups in total. The van der Waals surface area contributed by atoms with Gasteiger partial charge in [0.2, 0.25) is 0 Å². The van der Waals surface area contributed by atoms with E-state index in [1.807, 2.05) is 18.2 Å². The maximum atomic E-state index is 12.5. The molecule has 0 aliphatic carbocycles. The fourth-order valence-corrected chi connectivity index (χ4v) is 3.32. The first-order chi connectivity index (χ1) is 13.6. The molecule has 1 aliphatic heterocycles. The van der Waals surface area contributed by atoms with Crippen LogP contribution in [0, 0.1) is 0 Å². The van der Waals surface area contributed by atoms with Gasteiger partial charge in [-0.05, 0) is 48.4 Å². The quantitative estimate of drug-likeness (QED) is 0.655. The molecule has 0 atom stereocenters. The second-order valence-electron chi connectivity index (χ2n) is 6.48. The minimum atomic E-state index is -0.161. The molecule has 0 fully saturated rings. The zero-order valence-electron chi connectivity index (χ0n) is 14.9. The zero-order chi connectivity index (χ0) is 19.5. The molecule has 2 aromatic carbocycles. The summed E-state index contributed by atoms with van der Waals surface area (Å²) in [7, 11) is 0. The molecular formula is C20H18Cl2N4O2. The molecule has 2 heterocycles. The van der Waals surface area contributed by atoms with E-state index in [0.717, 1.165) is 19.5 Å². The Bertz CT molecular complexity index is 1020. The Labute approximate surface area is 172 Å². The first-order valence-electron chi connectivity index (χ1n) is 8.83. The van der Waals surface area contributed by atoms with Crippen LogP contribution in [0.3, 0.4) is 0 Å². The van der Waals surface area contributed by atoms with Gasteiger partial charge in [-0.25, -0.2) is 4.68 Å². The van der Waals surface area contributed by atoms with Gasteiger partial charge < -0.3 is 15.4 Å². The number of aromatic nitrogens is 2. The smallest absolute Gasteiger partial charge is 0.255 e. The summed E-state index contributed by atoms with van der Waals surface area (Å²) < 4.78 is 7.21. The summed E-state index contributed by atoms with van der Waals surface area (Å²) in [6.45, 7) is 1.96. The van der Waals surface area contributed by atoms with Crippen LogP contribution in [0.2, 0.25) is 10.0 Å². The third kappa shape index (κ3) is 4.30. The first-order valence-corrected chi connectivity index (χ1v) is 9.58. The van der Waals surface area contributed by atoms with Gasteiger partial charge in [-0.1, -0.05) is 29.3 Å². The number of ether oxygens (including phenoxy) is 1. The van der Waals surface area contributed by atoms with Crippen molar-refractivity contribution in [1.82, 2.24) is 15.1 Å². The molecule has 0 bridgehead atoms. The van der Waals surface area contributed by atoms with E-state index in [-0.39, 0.29) is 12.6 Å². The van der Waals surface area contributed by atoms with Crippen molar-refractivity contribution < 1.29 is 9.53 Å². The van der Waals surface area contributed by atoms with Crippen molar-refractivity contribution >= 4 is 34.8 Å². The number of fused-ring (bicyclic) bond motifs is 1. The Morgan fingerprint density at radius 2 is 2.07 bits per heavy atom. The number of anilines is 1. The molecule has 1 amide bonds. The summed E-state index contributed by atoms with van der Waals surface area (Å²) >= 11 is 11.9. The van der Waals surface area contributed by atoms with Crippen molar-refractivity contribution in [2.45, 2.75) is 19.7 Å². The lowest BCUT2D eigenvalue weighted by molar-refractivity contribution is 0.102. The van der Waals surface area contributed by atoms with Crippen LogP contribution in [0.1, 0.15) is 21.5 Å². The Morgan fingerprint density at radius 1 is 1.18 bits per heavy atom. The van der Waals surface area contributed by atoms with E-state index in [9.17, 15) is 4.79 Å². The molecule has 0 saturated heterocycles. The highest BCUT2D eigenvalue weighted by molar-refractivity contribution is 6.42. The predicted molar refractivity (Wildman–Crippen MR) is 109 cm³/mol. The molecule has 8 heteroatoms. The molecule has 0 radical (unpaired) electrons. The average molecular weight is 417 g/mol. The van der Waals surface area contributed by atoms with Gasteiger partial charge in [0.25, 0.3) is 5.91 Å². The topological polar surface area (TPSA) is 68.2 Å². The van der Waals surface area contributed by atoms with E-state index in [1.165, 1.54) is 11.1 Å².